The molecule has 1 aromatic rings. The van der Waals surface area contributed by atoms with Gasteiger partial charge in [0, 0.05) is 18.5 Å². The fourth-order valence-electron chi connectivity index (χ4n) is 5.61. The summed E-state index contributed by atoms with van der Waals surface area (Å²) in [5, 5.41) is 9.37. The number of urea groups is 1. The fraction of sp³-hybridized carbons (Fsp3) is 0.600. The topological polar surface area (TPSA) is 70.2 Å². The maximum atomic E-state index is 12.3. The van der Waals surface area contributed by atoms with Gasteiger partial charge >= 0.3 is 6.03 Å². The third-order valence-corrected chi connectivity index (χ3v) is 6.53. The fourth-order valence-corrected chi connectivity index (χ4v) is 5.80. The number of halogens is 1. The number of anilines is 1. The molecule has 3 N–H and O–H groups in total. The second kappa shape index (κ2) is 7.10. The first kappa shape index (κ1) is 17.7. The monoisotopic (exact) mass is 375 g/mol. The molecule has 4 aliphatic rings. The number of nitrogens with one attached hydrogen (secondary N) is 3. The zero-order valence-corrected chi connectivity index (χ0v) is 15.6. The van der Waals surface area contributed by atoms with Crippen LogP contribution in [0.25, 0.3) is 0 Å². The largest absolute Gasteiger partial charge is 0.338 e. The van der Waals surface area contributed by atoms with E-state index in [0.29, 0.717) is 17.3 Å². The molecule has 0 saturated heterocycles. The summed E-state index contributed by atoms with van der Waals surface area (Å²) >= 11 is 6.03. The van der Waals surface area contributed by atoms with Crippen LogP contribution in [0.1, 0.15) is 44.9 Å². The number of hydrogen-bond donors (Lipinski definition) is 3. The Morgan fingerprint density at radius 3 is 2.27 bits per heavy atom. The molecule has 3 amide bonds. The summed E-state index contributed by atoms with van der Waals surface area (Å²) in [6.45, 7) is 0.314. The number of benzene rings is 1. The predicted molar refractivity (Wildman–Crippen MR) is 102 cm³/mol. The minimum atomic E-state index is -0.159. The maximum Gasteiger partial charge on any atom is 0.315 e. The Morgan fingerprint density at radius 1 is 1.04 bits per heavy atom. The molecule has 5 nitrogen and oxygen atoms in total. The molecule has 4 bridgehead atoms. The highest BCUT2D eigenvalue weighted by molar-refractivity contribution is 6.33. The van der Waals surface area contributed by atoms with E-state index in [-0.39, 0.29) is 23.9 Å². The number of hydrogen-bond acceptors (Lipinski definition) is 2. The third-order valence-electron chi connectivity index (χ3n) is 6.20. The van der Waals surface area contributed by atoms with Crippen molar-refractivity contribution in [3.63, 3.8) is 0 Å². The van der Waals surface area contributed by atoms with E-state index < -0.39 is 0 Å². The van der Waals surface area contributed by atoms with Gasteiger partial charge in [0.1, 0.15) is 0 Å². The maximum absolute atomic E-state index is 12.3. The summed E-state index contributed by atoms with van der Waals surface area (Å²) in [7, 11) is 0. The predicted octanol–water partition coefficient (Wildman–Crippen LogP) is 3.94. The molecule has 26 heavy (non-hydrogen) atoms. The smallest absolute Gasteiger partial charge is 0.315 e. The molecule has 0 radical (unpaired) electrons. The summed E-state index contributed by atoms with van der Waals surface area (Å²) in [6, 6.07) is 6.98. The van der Waals surface area contributed by atoms with Crippen molar-refractivity contribution in [3.8, 4) is 0 Å². The van der Waals surface area contributed by atoms with Crippen LogP contribution in [-0.2, 0) is 4.79 Å². The molecule has 140 valence electrons. The molecule has 0 aliphatic heterocycles. The average Bonchev–Trinajstić information content (AvgIpc) is 2.55. The van der Waals surface area contributed by atoms with Gasteiger partial charge < -0.3 is 16.0 Å². The molecule has 0 heterocycles. The highest BCUT2D eigenvalue weighted by Gasteiger charge is 2.51. The Morgan fingerprint density at radius 2 is 1.65 bits per heavy atom. The van der Waals surface area contributed by atoms with E-state index in [1.54, 1.807) is 12.1 Å². The minimum absolute atomic E-state index is 0.00133. The molecule has 0 unspecified atom stereocenters. The van der Waals surface area contributed by atoms with E-state index >= 15 is 0 Å². The summed E-state index contributed by atoms with van der Waals surface area (Å²) < 4.78 is 0. The van der Waals surface area contributed by atoms with E-state index in [1.165, 1.54) is 19.3 Å². The molecule has 4 aliphatic carbocycles. The zero-order chi connectivity index (χ0) is 18.1. The lowest BCUT2D eigenvalue weighted by Crippen LogP contribution is -2.61. The molecule has 0 spiro atoms. The Bertz CT molecular complexity index is 671. The van der Waals surface area contributed by atoms with Crippen molar-refractivity contribution in [2.45, 2.75) is 50.5 Å². The number of amides is 3. The van der Waals surface area contributed by atoms with Gasteiger partial charge in [-0.25, -0.2) is 4.79 Å². The van der Waals surface area contributed by atoms with Crippen molar-refractivity contribution in [2.75, 3.05) is 11.9 Å². The van der Waals surface area contributed by atoms with Crippen LogP contribution in [0.4, 0.5) is 10.5 Å². The normalized spacial score (nSPS) is 31.5. The first-order chi connectivity index (χ1) is 12.5. The van der Waals surface area contributed by atoms with Crippen LogP contribution in [0.3, 0.4) is 0 Å². The van der Waals surface area contributed by atoms with Crippen LogP contribution in [0.15, 0.2) is 24.3 Å². The van der Waals surface area contributed by atoms with Crippen LogP contribution in [-0.4, -0.2) is 24.0 Å². The number of rotatable bonds is 5. The molecule has 6 heteroatoms. The second-order valence-electron chi connectivity index (χ2n) is 8.36. The van der Waals surface area contributed by atoms with Crippen molar-refractivity contribution >= 4 is 29.2 Å². The summed E-state index contributed by atoms with van der Waals surface area (Å²) in [5.74, 6) is 2.22. The molecule has 4 fully saturated rings. The molecule has 5 rings (SSSR count). The van der Waals surface area contributed by atoms with Gasteiger partial charge in [-0.05, 0) is 68.4 Å². The molecular formula is C20H26ClN3O2. The number of carbonyl (C=O) groups excluding carboxylic acids is 2. The molecule has 4 saturated carbocycles. The van der Waals surface area contributed by atoms with Crippen LogP contribution in [0, 0.1) is 17.8 Å². The van der Waals surface area contributed by atoms with Gasteiger partial charge in [-0.2, -0.15) is 0 Å². The van der Waals surface area contributed by atoms with Crippen molar-refractivity contribution in [1.29, 1.82) is 0 Å². The average molecular weight is 376 g/mol. The van der Waals surface area contributed by atoms with E-state index in [1.807, 2.05) is 12.1 Å². The van der Waals surface area contributed by atoms with Crippen LogP contribution in [0.2, 0.25) is 5.02 Å². The lowest BCUT2D eigenvalue weighted by Gasteiger charge is -2.56. The third kappa shape index (κ3) is 3.83. The first-order valence-corrected chi connectivity index (χ1v) is 9.99. The first-order valence-electron chi connectivity index (χ1n) is 9.62. The van der Waals surface area contributed by atoms with Crippen LogP contribution in [0.5, 0.6) is 0 Å². The quantitative estimate of drug-likeness (QED) is 0.729. The van der Waals surface area contributed by atoms with Crippen molar-refractivity contribution in [3.05, 3.63) is 29.3 Å². The van der Waals surface area contributed by atoms with Crippen molar-refractivity contribution in [2.24, 2.45) is 17.8 Å². The standard InChI is InChI=1S/C20H26ClN3O2/c21-16-3-1-2-4-17(16)23-18(25)5-6-22-19(26)24-20-10-13-7-14(11-20)9-15(8-13)12-20/h1-4,13-15H,5-12H2,(H,23,25)(H2,22,24,26). The van der Waals surface area contributed by atoms with Gasteiger partial charge in [-0.1, -0.05) is 23.7 Å². The zero-order valence-electron chi connectivity index (χ0n) is 14.9. The van der Waals surface area contributed by atoms with E-state index in [2.05, 4.69) is 16.0 Å². The van der Waals surface area contributed by atoms with E-state index in [0.717, 1.165) is 37.0 Å². The number of carbonyl (C=O) groups is 2. The van der Waals surface area contributed by atoms with Gasteiger partial charge in [0.25, 0.3) is 0 Å². The second-order valence-corrected chi connectivity index (χ2v) is 8.76. The molecular weight excluding hydrogens is 350 g/mol. The van der Waals surface area contributed by atoms with E-state index in [4.69, 9.17) is 11.6 Å². The SMILES string of the molecule is O=C(CCNC(=O)NC12CC3CC(CC(C3)C1)C2)Nc1ccccc1Cl. The summed E-state index contributed by atoms with van der Waals surface area (Å²) in [6.07, 6.45) is 7.65. The summed E-state index contributed by atoms with van der Waals surface area (Å²) in [5.41, 5.74) is 0.593. The van der Waals surface area contributed by atoms with Gasteiger partial charge in [-0.3, -0.25) is 4.79 Å². The van der Waals surface area contributed by atoms with Crippen LogP contribution >= 0.6 is 11.6 Å². The van der Waals surface area contributed by atoms with Gasteiger partial charge in [-0.15, -0.1) is 0 Å². The Balaban J connectivity index is 1.22. The van der Waals surface area contributed by atoms with Gasteiger partial charge in [0.2, 0.25) is 5.91 Å². The highest BCUT2D eigenvalue weighted by Crippen LogP contribution is 2.55. The number of para-hydroxylation sites is 1. The Hall–Kier alpha value is -1.75. The van der Waals surface area contributed by atoms with E-state index in [9.17, 15) is 9.59 Å². The van der Waals surface area contributed by atoms with Gasteiger partial charge in [0.05, 0.1) is 10.7 Å². The van der Waals surface area contributed by atoms with Crippen LogP contribution < -0.4 is 16.0 Å². The Labute approximate surface area is 159 Å². The molecule has 0 atom stereocenters. The lowest BCUT2D eigenvalue weighted by atomic mass is 9.53. The highest BCUT2D eigenvalue weighted by atomic mass is 35.5. The lowest BCUT2D eigenvalue weighted by molar-refractivity contribution is -0.116. The van der Waals surface area contributed by atoms with Gasteiger partial charge in [0.15, 0.2) is 0 Å². The van der Waals surface area contributed by atoms with Crippen molar-refractivity contribution < 1.29 is 9.59 Å². The summed E-state index contributed by atoms with van der Waals surface area (Å²) in [4.78, 5) is 24.4. The van der Waals surface area contributed by atoms with Crippen molar-refractivity contribution in [1.82, 2.24) is 10.6 Å². The Kier molecular flexibility index (Phi) is 4.82. The molecule has 1 aromatic carbocycles. The molecule has 0 aromatic heterocycles. The minimum Gasteiger partial charge on any atom is -0.338 e.